The van der Waals surface area contributed by atoms with Gasteiger partial charge in [0.15, 0.2) is 5.69 Å². The van der Waals surface area contributed by atoms with Gasteiger partial charge >= 0.3 is 0 Å². The molecule has 11 heteroatoms. The first-order valence-corrected chi connectivity index (χ1v) is 12.7. The third kappa shape index (κ3) is 4.59. The number of imidazole rings is 1. The van der Waals surface area contributed by atoms with Crippen molar-refractivity contribution in [3.8, 4) is 0 Å². The van der Waals surface area contributed by atoms with E-state index in [-0.39, 0.29) is 40.2 Å². The Hall–Kier alpha value is -2.98. The minimum absolute atomic E-state index is 0.00754. The van der Waals surface area contributed by atoms with E-state index in [0.717, 1.165) is 13.1 Å². The van der Waals surface area contributed by atoms with Gasteiger partial charge in [-0.05, 0) is 57.4 Å². The number of rotatable bonds is 4. The highest BCUT2D eigenvalue weighted by Crippen LogP contribution is 2.47. The van der Waals surface area contributed by atoms with E-state index >= 15 is 0 Å². The molecule has 1 aromatic heterocycles. The van der Waals surface area contributed by atoms with Gasteiger partial charge in [-0.15, -0.1) is 0 Å². The number of piperazine rings is 1. The summed E-state index contributed by atoms with van der Waals surface area (Å²) in [5.74, 6) is -1.03. The molecule has 5 rings (SSSR count). The maximum Gasteiger partial charge on any atom is 0.272 e. The molecule has 192 valence electrons. The number of hydrogen-bond donors (Lipinski definition) is 2. The Morgan fingerprint density at radius 1 is 1.14 bits per heavy atom. The molecule has 3 fully saturated rings. The van der Waals surface area contributed by atoms with Crippen LogP contribution in [0, 0.1) is 11.2 Å². The molecule has 1 aromatic carbocycles. The molecule has 0 bridgehead atoms. The van der Waals surface area contributed by atoms with Crippen LogP contribution in [0.3, 0.4) is 0 Å². The summed E-state index contributed by atoms with van der Waals surface area (Å²) in [7, 11) is 2.01. The number of carbonyl (C=O) groups excluding carboxylic acids is 3. The average Bonchev–Trinajstić information content (AvgIpc) is 3.47. The van der Waals surface area contributed by atoms with Crippen LogP contribution < -0.4 is 10.2 Å². The molecule has 3 heterocycles. The molecule has 3 amide bonds. The van der Waals surface area contributed by atoms with Gasteiger partial charge in [-0.1, -0.05) is 11.6 Å². The van der Waals surface area contributed by atoms with Crippen LogP contribution in [0.4, 0.5) is 10.1 Å². The van der Waals surface area contributed by atoms with E-state index in [1.807, 2.05) is 7.05 Å². The van der Waals surface area contributed by atoms with Crippen LogP contribution in [0.1, 0.15) is 53.1 Å². The van der Waals surface area contributed by atoms with E-state index in [2.05, 4.69) is 20.2 Å². The van der Waals surface area contributed by atoms with Crippen molar-refractivity contribution in [1.29, 1.82) is 0 Å². The third-order valence-corrected chi connectivity index (χ3v) is 8.15. The highest BCUT2D eigenvalue weighted by Gasteiger charge is 2.49. The number of amides is 3. The Bertz CT molecular complexity index is 1170. The van der Waals surface area contributed by atoms with Gasteiger partial charge in [0, 0.05) is 38.8 Å². The van der Waals surface area contributed by atoms with Gasteiger partial charge in [0.2, 0.25) is 5.91 Å². The van der Waals surface area contributed by atoms with E-state index in [1.165, 1.54) is 18.5 Å². The number of halogens is 2. The van der Waals surface area contributed by atoms with Crippen molar-refractivity contribution < 1.29 is 18.8 Å². The molecule has 2 aliphatic heterocycles. The molecule has 2 aromatic rings. The largest absolute Gasteiger partial charge is 0.348 e. The molecule has 1 aliphatic carbocycles. The van der Waals surface area contributed by atoms with Crippen LogP contribution >= 0.6 is 11.6 Å². The number of nitrogens with one attached hydrogen (secondary N) is 2. The molecular weight excluding hydrogens is 487 g/mol. The number of aromatic nitrogens is 2. The zero-order chi connectivity index (χ0) is 25.4. The number of benzene rings is 1. The third-order valence-electron chi connectivity index (χ3n) is 7.85. The fourth-order valence-corrected chi connectivity index (χ4v) is 5.85. The highest BCUT2D eigenvalue weighted by molar-refractivity contribution is 6.34. The summed E-state index contributed by atoms with van der Waals surface area (Å²) in [5.41, 5.74) is 0.357. The zero-order valence-corrected chi connectivity index (χ0v) is 21.0. The highest BCUT2D eigenvalue weighted by atomic mass is 35.5. The van der Waals surface area contributed by atoms with Gasteiger partial charge in [0.05, 0.1) is 22.5 Å². The SMILES string of the molecule is CN1CCN(C(=O)c2[nH]cnc2C(=O)NC2CCC3(CC2)CCN(c2ccc(F)cc2Cl)C3=O)CC1. The van der Waals surface area contributed by atoms with Crippen LogP contribution in [0.15, 0.2) is 24.5 Å². The lowest BCUT2D eigenvalue weighted by molar-refractivity contribution is -0.127. The summed E-state index contributed by atoms with van der Waals surface area (Å²) in [4.78, 5) is 51.9. The van der Waals surface area contributed by atoms with Crippen molar-refractivity contribution in [3.63, 3.8) is 0 Å². The molecule has 2 saturated heterocycles. The molecule has 1 spiro atoms. The second-order valence-corrected chi connectivity index (χ2v) is 10.5. The lowest BCUT2D eigenvalue weighted by atomic mass is 9.71. The second-order valence-electron chi connectivity index (χ2n) is 10.1. The number of aromatic amines is 1. The molecule has 0 unspecified atom stereocenters. The predicted octanol–water partition coefficient (Wildman–Crippen LogP) is 2.69. The summed E-state index contributed by atoms with van der Waals surface area (Å²) in [5, 5.41) is 3.24. The number of anilines is 1. The lowest BCUT2D eigenvalue weighted by Crippen LogP contribution is -2.48. The molecule has 0 radical (unpaired) electrons. The standard InChI is InChI=1S/C25H30ClFN6O3/c1-31-10-12-32(13-11-31)23(35)21-20(28-15-29-21)22(34)30-17-4-6-25(7-5-17)8-9-33(24(25)36)19-3-2-16(27)14-18(19)26/h2-3,14-15,17H,4-13H2,1H3,(H,28,29)(H,30,34). The minimum Gasteiger partial charge on any atom is -0.348 e. The Kier molecular flexibility index (Phi) is 6.74. The number of hydrogen-bond acceptors (Lipinski definition) is 5. The molecule has 9 nitrogen and oxygen atoms in total. The molecule has 3 aliphatic rings. The van der Waals surface area contributed by atoms with Gasteiger partial charge in [-0.3, -0.25) is 14.4 Å². The van der Waals surface area contributed by atoms with Crippen LogP contribution in [0.2, 0.25) is 5.02 Å². The van der Waals surface area contributed by atoms with Crippen molar-refractivity contribution in [1.82, 2.24) is 25.1 Å². The number of likely N-dealkylation sites (N-methyl/N-ethyl adjacent to an activating group) is 1. The lowest BCUT2D eigenvalue weighted by Gasteiger charge is -2.36. The minimum atomic E-state index is -0.492. The fraction of sp³-hybridized carbons (Fsp3) is 0.520. The normalized spacial score (nSPS) is 25.0. The summed E-state index contributed by atoms with van der Waals surface area (Å²) in [6.45, 7) is 3.32. The van der Waals surface area contributed by atoms with Crippen LogP contribution in [-0.4, -0.2) is 83.3 Å². The maximum atomic E-state index is 13.5. The molecule has 1 saturated carbocycles. The molecule has 2 N–H and O–H groups in total. The molecule has 0 atom stereocenters. The monoisotopic (exact) mass is 516 g/mol. The maximum absolute atomic E-state index is 13.5. The molecule has 36 heavy (non-hydrogen) atoms. The van der Waals surface area contributed by atoms with Crippen molar-refractivity contribution in [3.05, 3.63) is 46.8 Å². The van der Waals surface area contributed by atoms with E-state index in [9.17, 15) is 18.8 Å². The van der Waals surface area contributed by atoms with Crippen molar-refractivity contribution in [2.75, 3.05) is 44.7 Å². The zero-order valence-electron chi connectivity index (χ0n) is 20.2. The summed E-state index contributed by atoms with van der Waals surface area (Å²) < 4.78 is 13.5. The Balaban J connectivity index is 1.19. The summed E-state index contributed by atoms with van der Waals surface area (Å²) in [6, 6.07) is 3.97. The summed E-state index contributed by atoms with van der Waals surface area (Å²) >= 11 is 6.20. The van der Waals surface area contributed by atoms with Gasteiger partial charge in [-0.2, -0.15) is 0 Å². The Morgan fingerprint density at radius 3 is 2.56 bits per heavy atom. The topological polar surface area (TPSA) is 102 Å². The average molecular weight is 517 g/mol. The van der Waals surface area contributed by atoms with Crippen molar-refractivity contribution in [2.24, 2.45) is 5.41 Å². The molecular formula is C25H30ClFN6O3. The fourth-order valence-electron chi connectivity index (χ4n) is 5.58. The van der Waals surface area contributed by atoms with Crippen LogP contribution in [0.5, 0.6) is 0 Å². The quantitative estimate of drug-likeness (QED) is 0.650. The van der Waals surface area contributed by atoms with E-state index in [1.54, 1.807) is 15.9 Å². The van der Waals surface area contributed by atoms with Gasteiger partial charge in [-0.25, -0.2) is 9.37 Å². The van der Waals surface area contributed by atoms with E-state index < -0.39 is 11.2 Å². The summed E-state index contributed by atoms with van der Waals surface area (Å²) in [6.07, 6.45) is 4.65. The van der Waals surface area contributed by atoms with Crippen LogP contribution in [-0.2, 0) is 4.79 Å². The Morgan fingerprint density at radius 2 is 1.86 bits per heavy atom. The smallest absolute Gasteiger partial charge is 0.272 e. The predicted molar refractivity (Wildman–Crippen MR) is 133 cm³/mol. The first-order valence-electron chi connectivity index (χ1n) is 12.4. The second kappa shape index (κ2) is 9.82. The van der Waals surface area contributed by atoms with Crippen molar-refractivity contribution >= 4 is 35.0 Å². The van der Waals surface area contributed by atoms with Crippen molar-refractivity contribution in [2.45, 2.75) is 38.1 Å². The first-order chi connectivity index (χ1) is 17.3. The number of carbonyl (C=O) groups is 3. The van der Waals surface area contributed by atoms with Crippen LogP contribution in [0.25, 0.3) is 0 Å². The van der Waals surface area contributed by atoms with E-state index in [0.29, 0.717) is 57.4 Å². The first kappa shape index (κ1) is 24.7. The van der Waals surface area contributed by atoms with Gasteiger partial charge < -0.3 is 25.0 Å². The van der Waals surface area contributed by atoms with Gasteiger partial charge in [0.25, 0.3) is 11.8 Å². The Labute approximate surface area is 214 Å². The van der Waals surface area contributed by atoms with Gasteiger partial charge in [0.1, 0.15) is 11.5 Å². The van der Waals surface area contributed by atoms with E-state index in [4.69, 9.17) is 11.6 Å². The number of H-pyrrole nitrogens is 1. The number of nitrogens with zero attached hydrogens (tertiary/aromatic N) is 4.